The van der Waals surface area contributed by atoms with E-state index >= 15 is 0 Å². The number of carbonyl (C=O) groups excluding carboxylic acids is 1. The van der Waals surface area contributed by atoms with Crippen molar-refractivity contribution in [2.45, 2.75) is 89.6 Å². The van der Waals surface area contributed by atoms with Gasteiger partial charge in [-0.2, -0.15) is 8.42 Å². The average molecular weight is 445 g/mol. The van der Waals surface area contributed by atoms with Crippen LogP contribution in [0.2, 0.25) is 0 Å². The first-order valence-electron chi connectivity index (χ1n) is 12.2. The SMILES string of the molecule is Cc1ccc(S(=O)(=O)O[C@H]2CC[C@@]3(C)C(CC[C@@H]4[C@@H]3CC[C@]3(C)C(=O)CC[C@@H]43)C2)cc1. The van der Waals surface area contributed by atoms with Gasteiger partial charge in [0.2, 0.25) is 0 Å². The minimum Gasteiger partial charge on any atom is -0.299 e. The molecule has 1 aromatic rings. The van der Waals surface area contributed by atoms with Gasteiger partial charge in [-0.05, 0) is 99.5 Å². The molecule has 31 heavy (non-hydrogen) atoms. The molecular weight excluding hydrogens is 408 g/mol. The molecule has 4 fully saturated rings. The van der Waals surface area contributed by atoms with Gasteiger partial charge in [-0.15, -0.1) is 0 Å². The second-order valence-electron chi connectivity index (χ2n) is 11.3. The Morgan fingerprint density at radius 2 is 1.68 bits per heavy atom. The number of benzene rings is 1. The van der Waals surface area contributed by atoms with Crippen molar-refractivity contribution in [3.63, 3.8) is 0 Å². The van der Waals surface area contributed by atoms with Gasteiger partial charge in [0, 0.05) is 11.8 Å². The fraction of sp³-hybridized carbons (Fsp3) is 0.731. The maximum Gasteiger partial charge on any atom is 0.297 e. The zero-order chi connectivity index (χ0) is 22.0. The van der Waals surface area contributed by atoms with Gasteiger partial charge in [0.25, 0.3) is 10.1 Å². The molecule has 1 aromatic carbocycles. The predicted octanol–water partition coefficient (Wildman–Crippen LogP) is 5.68. The number of hydrogen-bond acceptors (Lipinski definition) is 4. The molecule has 0 bridgehead atoms. The Labute approximate surface area is 187 Å². The van der Waals surface area contributed by atoms with E-state index in [0.717, 1.165) is 56.9 Å². The van der Waals surface area contributed by atoms with Crippen LogP contribution in [0, 0.1) is 41.4 Å². The highest BCUT2D eigenvalue weighted by Crippen LogP contribution is 2.65. The van der Waals surface area contributed by atoms with Crippen molar-refractivity contribution in [3.8, 4) is 0 Å². The van der Waals surface area contributed by atoms with Crippen LogP contribution >= 0.6 is 0 Å². The predicted molar refractivity (Wildman–Crippen MR) is 120 cm³/mol. The number of aryl methyl sites for hydroxylation is 1. The molecular formula is C26H36O4S. The Kier molecular flexibility index (Phi) is 5.17. The number of rotatable bonds is 3. The highest BCUT2D eigenvalue weighted by atomic mass is 32.2. The number of fused-ring (bicyclic) bond motifs is 5. The molecule has 0 radical (unpaired) electrons. The van der Waals surface area contributed by atoms with E-state index in [9.17, 15) is 13.2 Å². The van der Waals surface area contributed by atoms with E-state index in [1.165, 1.54) is 6.42 Å². The summed E-state index contributed by atoms with van der Waals surface area (Å²) in [5.41, 5.74) is 1.22. The van der Waals surface area contributed by atoms with E-state index in [1.54, 1.807) is 12.1 Å². The lowest BCUT2D eigenvalue weighted by Gasteiger charge is -2.60. The number of carbonyl (C=O) groups is 1. The summed E-state index contributed by atoms with van der Waals surface area (Å²) in [5.74, 6) is 2.92. The molecule has 4 saturated carbocycles. The van der Waals surface area contributed by atoms with Gasteiger partial charge in [-0.1, -0.05) is 31.5 Å². The highest BCUT2D eigenvalue weighted by Gasteiger charge is 2.60. The molecule has 0 aliphatic heterocycles. The first-order valence-corrected chi connectivity index (χ1v) is 13.6. The Hall–Kier alpha value is -1.20. The topological polar surface area (TPSA) is 60.4 Å². The van der Waals surface area contributed by atoms with Crippen molar-refractivity contribution < 1.29 is 17.4 Å². The van der Waals surface area contributed by atoms with Gasteiger partial charge in [0.15, 0.2) is 0 Å². The molecule has 0 amide bonds. The van der Waals surface area contributed by atoms with E-state index in [1.807, 2.05) is 19.1 Å². The van der Waals surface area contributed by atoms with Crippen molar-refractivity contribution in [2.75, 3.05) is 0 Å². The lowest BCUT2D eigenvalue weighted by Crippen LogP contribution is -2.54. The second kappa shape index (κ2) is 7.41. The molecule has 4 nitrogen and oxygen atoms in total. The molecule has 4 aliphatic carbocycles. The van der Waals surface area contributed by atoms with Gasteiger partial charge in [0.05, 0.1) is 11.0 Å². The monoisotopic (exact) mass is 444 g/mol. The van der Waals surface area contributed by atoms with E-state index in [0.29, 0.717) is 29.5 Å². The first-order chi connectivity index (χ1) is 14.6. The third kappa shape index (κ3) is 3.42. The quantitative estimate of drug-likeness (QED) is 0.563. The summed E-state index contributed by atoms with van der Waals surface area (Å²) in [4.78, 5) is 12.9. The van der Waals surface area contributed by atoms with Crippen LogP contribution in [0.1, 0.15) is 77.2 Å². The summed E-state index contributed by atoms with van der Waals surface area (Å²) in [7, 11) is -3.72. The van der Waals surface area contributed by atoms with Gasteiger partial charge >= 0.3 is 0 Å². The summed E-state index contributed by atoms with van der Waals surface area (Å²) in [6, 6.07) is 6.93. The summed E-state index contributed by atoms with van der Waals surface area (Å²) in [6.45, 7) is 6.64. The fourth-order valence-corrected chi connectivity index (χ4v) is 9.13. The smallest absolute Gasteiger partial charge is 0.297 e. The van der Waals surface area contributed by atoms with Crippen LogP contribution in [0.15, 0.2) is 29.2 Å². The second-order valence-corrected chi connectivity index (χ2v) is 12.9. The molecule has 0 spiro atoms. The van der Waals surface area contributed by atoms with Crippen LogP contribution in [-0.2, 0) is 19.1 Å². The maximum absolute atomic E-state index is 12.8. The Balaban J connectivity index is 1.30. The van der Waals surface area contributed by atoms with Crippen molar-refractivity contribution in [2.24, 2.45) is 34.5 Å². The van der Waals surface area contributed by atoms with Crippen LogP contribution < -0.4 is 0 Å². The summed E-state index contributed by atoms with van der Waals surface area (Å²) in [6.07, 6.45) is 8.85. The maximum atomic E-state index is 12.8. The average Bonchev–Trinajstić information content (AvgIpc) is 3.03. The van der Waals surface area contributed by atoms with Gasteiger partial charge in [-0.25, -0.2) is 0 Å². The Bertz CT molecular complexity index is 968. The molecule has 0 heterocycles. The summed E-state index contributed by atoms with van der Waals surface area (Å²) in [5, 5.41) is 0. The minimum absolute atomic E-state index is 0.0766. The van der Waals surface area contributed by atoms with Crippen LogP contribution in [0.4, 0.5) is 0 Å². The zero-order valence-electron chi connectivity index (χ0n) is 19.1. The van der Waals surface area contributed by atoms with E-state index in [-0.39, 0.29) is 21.8 Å². The summed E-state index contributed by atoms with van der Waals surface area (Å²) < 4.78 is 31.4. The molecule has 1 unspecified atom stereocenters. The van der Waals surface area contributed by atoms with Crippen LogP contribution in [0.5, 0.6) is 0 Å². The molecule has 5 heteroatoms. The Morgan fingerprint density at radius 1 is 0.935 bits per heavy atom. The van der Waals surface area contributed by atoms with Gasteiger partial charge < -0.3 is 0 Å². The first kappa shape index (κ1) is 21.6. The molecule has 170 valence electrons. The standard InChI is InChI=1S/C26H36O4S/c1-17-4-7-20(8-5-17)31(28,29)30-19-12-14-25(2)18(16-19)6-9-21-22-10-11-24(27)26(22,3)15-13-23(21)25/h4-5,7-8,18-19,21-23H,6,9-16H2,1-3H3/t18?,19-,21-,22-,23-,25-,26-/m0/s1. The van der Waals surface area contributed by atoms with Crippen LogP contribution in [-0.4, -0.2) is 20.3 Å². The van der Waals surface area contributed by atoms with Crippen LogP contribution in [0.3, 0.4) is 0 Å². The van der Waals surface area contributed by atoms with Crippen molar-refractivity contribution in [1.82, 2.24) is 0 Å². The Morgan fingerprint density at radius 3 is 2.42 bits per heavy atom. The van der Waals surface area contributed by atoms with Crippen molar-refractivity contribution in [1.29, 1.82) is 0 Å². The van der Waals surface area contributed by atoms with Gasteiger partial charge in [0.1, 0.15) is 5.78 Å². The molecule has 0 aromatic heterocycles. The zero-order valence-corrected chi connectivity index (χ0v) is 19.9. The fourth-order valence-electron chi connectivity index (χ4n) is 8.02. The largest absolute Gasteiger partial charge is 0.299 e. The molecule has 4 aliphatic rings. The lowest BCUT2D eigenvalue weighted by molar-refractivity contribution is -0.141. The van der Waals surface area contributed by atoms with E-state index in [4.69, 9.17) is 4.18 Å². The number of hydrogen-bond donors (Lipinski definition) is 0. The van der Waals surface area contributed by atoms with Gasteiger partial charge in [-0.3, -0.25) is 8.98 Å². The van der Waals surface area contributed by atoms with Crippen LogP contribution in [0.25, 0.3) is 0 Å². The lowest BCUT2D eigenvalue weighted by atomic mass is 9.45. The molecule has 5 rings (SSSR count). The molecule has 7 atom stereocenters. The number of Topliss-reactive ketones (excluding diaryl/α,β-unsaturated/α-hetero) is 1. The summed E-state index contributed by atoms with van der Waals surface area (Å²) >= 11 is 0. The third-order valence-corrected chi connectivity index (χ3v) is 11.3. The van der Waals surface area contributed by atoms with Crippen molar-refractivity contribution in [3.05, 3.63) is 29.8 Å². The number of ketones is 1. The van der Waals surface area contributed by atoms with E-state index < -0.39 is 10.1 Å². The normalized spacial score (nSPS) is 42.5. The van der Waals surface area contributed by atoms with E-state index in [2.05, 4.69) is 13.8 Å². The highest BCUT2D eigenvalue weighted by molar-refractivity contribution is 7.86. The molecule has 0 N–H and O–H groups in total. The molecule has 0 saturated heterocycles. The van der Waals surface area contributed by atoms with Crippen molar-refractivity contribution >= 4 is 15.9 Å². The third-order valence-electron chi connectivity index (χ3n) is 9.90. The minimum atomic E-state index is -3.72.